The summed E-state index contributed by atoms with van der Waals surface area (Å²) >= 11 is 0. The summed E-state index contributed by atoms with van der Waals surface area (Å²) in [5.41, 5.74) is 6.69. The van der Waals surface area contributed by atoms with Gasteiger partial charge in [-0.25, -0.2) is 10.3 Å². The first-order chi connectivity index (χ1) is 21.1. The number of hydrogen-bond donors (Lipinski definition) is 2. The van der Waals surface area contributed by atoms with Gasteiger partial charge in [0.15, 0.2) is 11.5 Å². The summed E-state index contributed by atoms with van der Waals surface area (Å²) in [5.74, 6) is -1.17. The summed E-state index contributed by atoms with van der Waals surface area (Å²) in [7, 11) is 0. The molecule has 4 aromatic carbocycles. The van der Waals surface area contributed by atoms with Crippen LogP contribution in [-0.4, -0.2) is 37.3 Å². The number of amides is 3. The maximum absolute atomic E-state index is 14.3. The molecule has 3 amide bonds. The van der Waals surface area contributed by atoms with Gasteiger partial charge in [-0.3, -0.25) is 14.4 Å². The summed E-state index contributed by atoms with van der Waals surface area (Å²) in [6.07, 6.45) is 1.66. The number of imide groups is 1. The van der Waals surface area contributed by atoms with Crippen molar-refractivity contribution < 1.29 is 23.9 Å². The number of hydrazone groups is 1. The van der Waals surface area contributed by atoms with Crippen LogP contribution in [0.1, 0.15) is 28.2 Å². The first-order valence-corrected chi connectivity index (χ1v) is 14.2. The second-order valence-electron chi connectivity index (χ2n) is 11.1. The van der Waals surface area contributed by atoms with Crippen LogP contribution in [0.2, 0.25) is 0 Å². The zero-order chi connectivity index (χ0) is 29.1. The van der Waals surface area contributed by atoms with Gasteiger partial charge in [-0.15, -0.1) is 0 Å². The van der Waals surface area contributed by atoms with E-state index in [1.54, 1.807) is 36.5 Å². The van der Waals surface area contributed by atoms with Crippen LogP contribution in [0.4, 0.5) is 11.4 Å². The Morgan fingerprint density at radius 3 is 2.28 bits per heavy atom. The number of carbonyl (C=O) groups is 3. The average molecular weight is 571 g/mol. The Morgan fingerprint density at radius 1 is 0.860 bits per heavy atom. The van der Waals surface area contributed by atoms with Gasteiger partial charge in [-0.05, 0) is 46.5 Å². The van der Waals surface area contributed by atoms with Gasteiger partial charge in [0.05, 0.1) is 29.5 Å². The molecule has 1 fully saturated rings. The number of para-hydroxylation sites is 1. The van der Waals surface area contributed by atoms with Crippen molar-refractivity contribution in [3.05, 3.63) is 119 Å². The van der Waals surface area contributed by atoms with E-state index in [1.807, 2.05) is 66.7 Å². The molecular formula is C34H26N4O5. The highest BCUT2D eigenvalue weighted by Crippen LogP contribution is 2.63. The van der Waals surface area contributed by atoms with E-state index in [9.17, 15) is 14.4 Å². The van der Waals surface area contributed by atoms with Gasteiger partial charge in [-0.1, -0.05) is 66.7 Å². The highest BCUT2D eigenvalue weighted by atomic mass is 16.7. The van der Waals surface area contributed by atoms with Crippen molar-refractivity contribution in [2.24, 2.45) is 16.9 Å². The maximum Gasteiger partial charge on any atom is 0.259 e. The molecule has 212 valence electrons. The highest BCUT2D eigenvalue weighted by molar-refractivity contribution is 6.25. The molecule has 0 saturated carbocycles. The average Bonchev–Trinajstić information content (AvgIpc) is 3.62. The lowest BCUT2D eigenvalue weighted by molar-refractivity contribution is -0.122. The number of carbonyl (C=O) groups excluding carboxylic acids is 3. The van der Waals surface area contributed by atoms with Crippen molar-refractivity contribution in [1.82, 2.24) is 5.43 Å². The molecule has 9 nitrogen and oxygen atoms in total. The molecule has 2 atom stereocenters. The van der Waals surface area contributed by atoms with E-state index >= 15 is 0 Å². The van der Waals surface area contributed by atoms with Gasteiger partial charge in [0.1, 0.15) is 0 Å². The lowest BCUT2D eigenvalue weighted by Crippen LogP contribution is -2.54. The third-order valence-electron chi connectivity index (χ3n) is 8.98. The fourth-order valence-electron chi connectivity index (χ4n) is 7.32. The first-order valence-electron chi connectivity index (χ1n) is 14.2. The second kappa shape index (κ2) is 9.55. The Bertz CT molecular complexity index is 1790. The minimum Gasteiger partial charge on any atom is -0.454 e. The topological polar surface area (TPSA) is 109 Å². The van der Waals surface area contributed by atoms with Gasteiger partial charge in [0, 0.05) is 23.9 Å². The van der Waals surface area contributed by atoms with Crippen LogP contribution in [0.5, 0.6) is 11.5 Å². The van der Waals surface area contributed by atoms with Crippen molar-refractivity contribution in [2.75, 3.05) is 23.6 Å². The SMILES string of the molecule is O=C(CNc1ccc2c(c1)OCO2)N/N=C\C12c3ccccc3C(c3ccccc31)[C@@H]1C(=O)N(c3ccccc3)C(=O)[C@H]12. The quantitative estimate of drug-likeness (QED) is 0.205. The predicted octanol–water partition coefficient (Wildman–Crippen LogP) is 4.18. The van der Waals surface area contributed by atoms with Crippen LogP contribution in [0.25, 0.3) is 0 Å². The Kier molecular flexibility index (Phi) is 5.62. The molecule has 1 saturated heterocycles. The number of nitrogens with one attached hydrogen (secondary N) is 2. The number of fused-ring (bicyclic) bond motifs is 1. The van der Waals surface area contributed by atoms with Crippen LogP contribution in [0, 0.1) is 11.8 Å². The van der Waals surface area contributed by atoms with E-state index in [0.717, 1.165) is 22.3 Å². The minimum absolute atomic E-state index is 0.0372. The number of benzene rings is 4. The number of nitrogens with zero attached hydrogens (tertiary/aromatic N) is 2. The predicted molar refractivity (Wildman–Crippen MR) is 159 cm³/mol. The summed E-state index contributed by atoms with van der Waals surface area (Å²) in [5, 5.41) is 7.53. The minimum atomic E-state index is -1.05. The molecule has 0 aromatic heterocycles. The van der Waals surface area contributed by atoms with Crippen LogP contribution in [0.3, 0.4) is 0 Å². The van der Waals surface area contributed by atoms with Gasteiger partial charge in [-0.2, -0.15) is 5.10 Å². The zero-order valence-electron chi connectivity index (χ0n) is 22.9. The van der Waals surface area contributed by atoms with Crippen molar-refractivity contribution in [3.63, 3.8) is 0 Å². The van der Waals surface area contributed by atoms with Crippen LogP contribution in [0.15, 0.2) is 102 Å². The Morgan fingerprint density at radius 2 is 1.53 bits per heavy atom. The van der Waals surface area contributed by atoms with E-state index in [4.69, 9.17) is 9.47 Å². The molecule has 9 rings (SSSR count). The number of ether oxygens (including phenoxy) is 2. The van der Waals surface area contributed by atoms with Crippen molar-refractivity contribution in [2.45, 2.75) is 11.3 Å². The van der Waals surface area contributed by atoms with Crippen molar-refractivity contribution >= 4 is 35.3 Å². The third-order valence-corrected chi connectivity index (χ3v) is 8.98. The summed E-state index contributed by atoms with van der Waals surface area (Å²) in [4.78, 5) is 42.7. The van der Waals surface area contributed by atoms with Gasteiger partial charge >= 0.3 is 0 Å². The smallest absolute Gasteiger partial charge is 0.259 e. The molecule has 2 aliphatic heterocycles. The van der Waals surface area contributed by atoms with E-state index in [-0.39, 0.29) is 37.0 Å². The van der Waals surface area contributed by atoms with E-state index in [2.05, 4.69) is 15.8 Å². The Balaban J connectivity index is 1.16. The summed E-state index contributed by atoms with van der Waals surface area (Å²) in [6.45, 7) is 0.131. The van der Waals surface area contributed by atoms with E-state index in [1.165, 1.54) is 4.90 Å². The van der Waals surface area contributed by atoms with Crippen molar-refractivity contribution in [1.29, 1.82) is 0 Å². The largest absolute Gasteiger partial charge is 0.454 e. The fraction of sp³-hybridized carbons (Fsp3) is 0.176. The lowest BCUT2D eigenvalue weighted by atomic mass is 9.47. The molecule has 2 heterocycles. The fourth-order valence-corrected chi connectivity index (χ4v) is 7.32. The normalized spacial score (nSPS) is 24.1. The summed E-state index contributed by atoms with van der Waals surface area (Å²) < 4.78 is 10.8. The summed E-state index contributed by atoms with van der Waals surface area (Å²) in [6, 6.07) is 30.3. The number of rotatable bonds is 6. The van der Waals surface area contributed by atoms with Crippen LogP contribution in [-0.2, 0) is 19.8 Å². The van der Waals surface area contributed by atoms with Crippen molar-refractivity contribution in [3.8, 4) is 11.5 Å². The highest BCUT2D eigenvalue weighted by Gasteiger charge is 2.68. The Labute approximate surface area is 247 Å². The molecular weight excluding hydrogens is 544 g/mol. The zero-order valence-corrected chi connectivity index (χ0v) is 22.9. The monoisotopic (exact) mass is 570 g/mol. The molecule has 2 bridgehead atoms. The number of hydrogen-bond acceptors (Lipinski definition) is 7. The molecule has 0 radical (unpaired) electrons. The molecule has 4 aromatic rings. The standard InChI is InChI=1S/C34H26N4O5/c39-28(17-35-20-14-15-26-27(16-20)43-19-42-26)37-36-18-34-24-12-6-4-10-22(24)29(23-11-5-7-13-25(23)34)30-31(34)33(41)38(32(30)40)21-8-2-1-3-9-21/h1-16,18,29-31,35H,17,19H2,(H,37,39)/b36-18-/t29?,30-,31-,34?/m0/s1. The second-order valence-corrected chi connectivity index (χ2v) is 11.1. The molecule has 0 spiro atoms. The lowest BCUT2D eigenvalue weighted by Gasteiger charge is -2.52. The third kappa shape index (κ3) is 3.64. The Hall–Kier alpha value is -5.44. The molecule has 5 aliphatic rings. The van der Waals surface area contributed by atoms with E-state index < -0.39 is 17.3 Å². The van der Waals surface area contributed by atoms with Crippen LogP contribution >= 0.6 is 0 Å². The van der Waals surface area contributed by atoms with Gasteiger partial charge in [0.25, 0.3) is 5.91 Å². The van der Waals surface area contributed by atoms with E-state index in [0.29, 0.717) is 22.9 Å². The molecule has 2 N–H and O–H groups in total. The molecule has 3 aliphatic carbocycles. The first kappa shape index (κ1) is 25.3. The molecule has 43 heavy (non-hydrogen) atoms. The molecule has 0 unspecified atom stereocenters. The molecule has 9 heteroatoms. The van der Waals surface area contributed by atoms with Gasteiger partial charge < -0.3 is 14.8 Å². The maximum atomic E-state index is 14.3. The van der Waals surface area contributed by atoms with Crippen LogP contribution < -0.4 is 25.1 Å². The van der Waals surface area contributed by atoms with Gasteiger partial charge in [0.2, 0.25) is 18.6 Å². The number of anilines is 2.